The molecular formula is C15H21N3. The lowest BCUT2D eigenvalue weighted by molar-refractivity contribution is 0.533. The zero-order valence-corrected chi connectivity index (χ0v) is 11.1. The van der Waals surface area contributed by atoms with E-state index in [9.17, 15) is 0 Å². The molecular weight excluding hydrogens is 222 g/mol. The highest BCUT2D eigenvalue weighted by Gasteiger charge is 2.06. The molecule has 1 N–H and O–H groups in total. The highest BCUT2D eigenvalue weighted by atomic mass is 15.0. The van der Waals surface area contributed by atoms with Gasteiger partial charge in [0.2, 0.25) is 0 Å². The monoisotopic (exact) mass is 243 g/mol. The quantitative estimate of drug-likeness (QED) is 0.844. The SMILES string of the molecule is CCCn1cccc1CN[C@H](C)c1ccccn1. The predicted octanol–water partition coefficient (Wildman–Crippen LogP) is 3.14. The van der Waals surface area contributed by atoms with Crippen LogP contribution < -0.4 is 5.32 Å². The number of pyridine rings is 1. The second-order valence-electron chi connectivity index (χ2n) is 4.55. The zero-order valence-electron chi connectivity index (χ0n) is 11.1. The van der Waals surface area contributed by atoms with Crippen LogP contribution in [0.2, 0.25) is 0 Å². The Bertz CT molecular complexity index is 462. The minimum atomic E-state index is 0.274. The van der Waals surface area contributed by atoms with Crippen LogP contribution in [0.4, 0.5) is 0 Å². The van der Waals surface area contributed by atoms with E-state index in [1.165, 1.54) is 5.69 Å². The van der Waals surface area contributed by atoms with Crippen LogP contribution in [0.15, 0.2) is 42.7 Å². The van der Waals surface area contributed by atoms with E-state index in [4.69, 9.17) is 0 Å². The van der Waals surface area contributed by atoms with Crippen molar-refractivity contribution in [2.75, 3.05) is 0 Å². The molecule has 2 aromatic heterocycles. The third-order valence-corrected chi connectivity index (χ3v) is 3.11. The Morgan fingerprint density at radius 3 is 2.89 bits per heavy atom. The fourth-order valence-electron chi connectivity index (χ4n) is 2.06. The summed E-state index contributed by atoms with van der Waals surface area (Å²) in [4.78, 5) is 4.37. The summed E-state index contributed by atoms with van der Waals surface area (Å²) in [5, 5.41) is 3.52. The van der Waals surface area contributed by atoms with Crippen molar-refractivity contribution in [1.29, 1.82) is 0 Å². The lowest BCUT2D eigenvalue weighted by Crippen LogP contribution is -2.20. The predicted molar refractivity (Wildman–Crippen MR) is 74.2 cm³/mol. The third-order valence-electron chi connectivity index (χ3n) is 3.11. The minimum Gasteiger partial charge on any atom is -0.350 e. The van der Waals surface area contributed by atoms with Crippen LogP contribution in [-0.4, -0.2) is 9.55 Å². The smallest absolute Gasteiger partial charge is 0.0570 e. The van der Waals surface area contributed by atoms with Crippen LogP contribution in [0.25, 0.3) is 0 Å². The molecule has 0 saturated heterocycles. The maximum Gasteiger partial charge on any atom is 0.0570 e. The van der Waals surface area contributed by atoms with E-state index in [1.54, 1.807) is 0 Å². The minimum absolute atomic E-state index is 0.274. The van der Waals surface area contributed by atoms with E-state index in [2.05, 4.69) is 53.1 Å². The molecule has 0 aliphatic carbocycles. The Morgan fingerprint density at radius 2 is 2.17 bits per heavy atom. The number of hydrogen-bond donors (Lipinski definition) is 1. The summed E-state index contributed by atoms with van der Waals surface area (Å²) < 4.78 is 2.30. The van der Waals surface area contributed by atoms with Gasteiger partial charge in [-0.05, 0) is 37.6 Å². The maximum absolute atomic E-state index is 4.37. The van der Waals surface area contributed by atoms with Gasteiger partial charge in [0.1, 0.15) is 0 Å². The number of hydrogen-bond acceptors (Lipinski definition) is 2. The number of aromatic nitrogens is 2. The summed E-state index contributed by atoms with van der Waals surface area (Å²) in [6.45, 7) is 6.32. The fraction of sp³-hybridized carbons (Fsp3) is 0.400. The molecule has 3 heteroatoms. The molecule has 0 spiro atoms. The highest BCUT2D eigenvalue weighted by Crippen LogP contribution is 2.10. The molecule has 2 aromatic rings. The van der Waals surface area contributed by atoms with Gasteiger partial charge in [0, 0.05) is 37.2 Å². The first-order valence-corrected chi connectivity index (χ1v) is 6.59. The number of nitrogens with one attached hydrogen (secondary N) is 1. The Labute approximate surface area is 109 Å². The lowest BCUT2D eigenvalue weighted by Gasteiger charge is -2.14. The number of rotatable bonds is 6. The molecule has 96 valence electrons. The molecule has 2 heterocycles. The third kappa shape index (κ3) is 3.20. The Balaban J connectivity index is 1.93. The van der Waals surface area contributed by atoms with Crippen LogP contribution in [-0.2, 0) is 13.1 Å². The molecule has 0 unspecified atom stereocenters. The fourth-order valence-corrected chi connectivity index (χ4v) is 2.06. The number of nitrogens with zero attached hydrogens (tertiary/aromatic N) is 2. The second kappa shape index (κ2) is 6.36. The van der Waals surface area contributed by atoms with Gasteiger partial charge in [-0.15, -0.1) is 0 Å². The van der Waals surface area contributed by atoms with Crippen LogP contribution in [0.5, 0.6) is 0 Å². The van der Waals surface area contributed by atoms with E-state index in [0.717, 1.165) is 25.2 Å². The molecule has 0 aromatic carbocycles. The molecule has 18 heavy (non-hydrogen) atoms. The van der Waals surface area contributed by atoms with Crippen molar-refractivity contribution in [1.82, 2.24) is 14.9 Å². The van der Waals surface area contributed by atoms with Crippen LogP contribution >= 0.6 is 0 Å². The average molecular weight is 243 g/mol. The Hall–Kier alpha value is -1.61. The normalized spacial score (nSPS) is 12.6. The van der Waals surface area contributed by atoms with Gasteiger partial charge in [0.15, 0.2) is 0 Å². The van der Waals surface area contributed by atoms with Gasteiger partial charge in [0.25, 0.3) is 0 Å². The van der Waals surface area contributed by atoms with Crippen molar-refractivity contribution in [2.24, 2.45) is 0 Å². The van der Waals surface area contributed by atoms with Crippen molar-refractivity contribution < 1.29 is 0 Å². The molecule has 0 aliphatic rings. The summed E-state index contributed by atoms with van der Waals surface area (Å²) in [7, 11) is 0. The van der Waals surface area contributed by atoms with E-state index in [-0.39, 0.29) is 6.04 Å². The Kier molecular flexibility index (Phi) is 4.53. The summed E-state index contributed by atoms with van der Waals surface area (Å²) in [6.07, 6.45) is 5.15. The van der Waals surface area contributed by atoms with Gasteiger partial charge >= 0.3 is 0 Å². The molecule has 0 fully saturated rings. The van der Waals surface area contributed by atoms with E-state index < -0.39 is 0 Å². The van der Waals surface area contributed by atoms with Gasteiger partial charge in [0.05, 0.1) is 5.69 Å². The summed E-state index contributed by atoms with van der Waals surface area (Å²) in [5.41, 5.74) is 2.42. The van der Waals surface area contributed by atoms with Crippen LogP contribution in [0.3, 0.4) is 0 Å². The van der Waals surface area contributed by atoms with Gasteiger partial charge in [-0.2, -0.15) is 0 Å². The molecule has 3 nitrogen and oxygen atoms in total. The van der Waals surface area contributed by atoms with Crippen molar-refractivity contribution in [3.8, 4) is 0 Å². The van der Waals surface area contributed by atoms with Gasteiger partial charge in [-0.3, -0.25) is 4.98 Å². The van der Waals surface area contributed by atoms with Gasteiger partial charge in [-0.1, -0.05) is 13.0 Å². The first kappa shape index (κ1) is 12.8. The van der Waals surface area contributed by atoms with Crippen molar-refractivity contribution >= 4 is 0 Å². The van der Waals surface area contributed by atoms with E-state index in [0.29, 0.717) is 0 Å². The number of aryl methyl sites for hydroxylation is 1. The first-order valence-electron chi connectivity index (χ1n) is 6.59. The van der Waals surface area contributed by atoms with Crippen LogP contribution in [0, 0.1) is 0 Å². The van der Waals surface area contributed by atoms with E-state index >= 15 is 0 Å². The molecule has 0 radical (unpaired) electrons. The topological polar surface area (TPSA) is 29.9 Å². The summed E-state index contributed by atoms with van der Waals surface area (Å²) in [5.74, 6) is 0. The van der Waals surface area contributed by atoms with Crippen molar-refractivity contribution in [3.05, 3.63) is 54.1 Å². The Morgan fingerprint density at radius 1 is 1.28 bits per heavy atom. The molecule has 0 amide bonds. The molecule has 2 rings (SSSR count). The summed E-state index contributed by atoms with van der Waals surface area (Å²) >= 11 is 0. The lowest BCUT2D eigenvalue weighted by atomic mass is 10.2. The molecule has 1 atom stereocenters. The zero-order chi connectivity index (χ0) is 12.8. The van der Waals surface area contributed by atoms with E-state index in [1.807, 2.05) is 18.3 Å². The van der Waals surface area contributed by atoms with Crippen LogP contribution in [0.1, 0.15) is 37.7 Å². The van der Waals surface area contributed by atoms with Crippen molar-refractivity contribution in [2.45, 2.75) is 39.4 Å². The average Bonchev–Trinajstić information content (AvgIpc) is 2.85. The molecule has 0 saturated carbocycles. The highest BCUT2D eigenvalue weighted by molar-refractivity contribution is 5.10. The maximum atomic E-state index is 4.37. The van der Waals surface area contributed by atoms with Gasteiger partial charge in [-0.25, -0.2) is 0 Å². The second-order valence-corrected chi connectivity index (χ2v) is 4.55. The van der Waals surface area contributed by atoms with Gasteiger partial charge < -0.3 is 9.88 Å². The first-order chi connectivity index (χ1) is 8.81. The summed E-state index contributed by atoms with van der Waals surface area (Å²) in [6, 6.07) is 10.6. The largest absolute Gasteiger partial charge is 0.350 e. The van der Waals surface area contributed by atoms with Crippen molar-refractivity contribution in [3.63, 3.8) is 0 Å². The molecule has 0 bridgehead atoms. The molecule has 0 aliphatic heterocycles. The standard InChI is InChI=1S/C15H21N3/c1-3-10-18-11-6-7-14(18)12-17-13(2)15-8-4-5-9-16-15/h4-9,11,13,17H,3,10,12H2,1-2H3/t13-/m1/s1.